The van der Waals surface area contributed by atoms with Crippen LogP contribution in [0.2, 0.25) is 5.02 Å². The van der Waals surface area contributed by atoms with Gasteiger partial charge >= 0.3 is 5.97 Å². The predicted octanol–water partition coefficient (Wildman–Crippen LogP) is 2.86. The summed E-state index contributed by atoms with van der Waals surface area (Å²) in [5.41, 5.74) is -0.0164. The van der Waals surface area contributed by atoms with Crippen molar-refractivity contribution in [3.05, 3.63) is 53.3 Å². The first-order valence-corrected chi connectivity index (χ1v) is 8.80. The summed E-state index contributed by atoms with van der Waals surface area (Å²) in [5, 5.41) is 0.0841. The van der Waals surface area contributed by atoms with Gasteiger partial charge < -0.3 is 9.47 Å². The number of sulfonamides is 1. The van der Waals surface area contributed by atoms with Gasteiger partial charge in [0.05, 0.1) is 29.8 Å². The van der Waals surface area contributed by atoms with Crippen molar-refractivity contribution in [1.82, 2.24) is 0 Å². The molecule has 0 amide bonds. The first kappa shape index (κ1) is 19.0. The first-order valence-electron chi connectivity index (χ1n) is 6.98. The minimum Gasteiger partial charge on any atom is -0.495 e. The lowest BCUT2D eigenvalue weighted by Gasteiger charge is -2.23. The number of carbonyl (C=O) groups is 1. The van der Waals surface area contributed by atoms with Gasteiger partial charge in [-0.15, -0.1) is 0 Å². The lowest BCUT2D eigenvalue weighted by Crippen LogP contribution is -2.36. The largest absolute Gasteiger partial charge is 0.495 e. The Bertz CT molecular complexity index is 888. The molecule has 2 rings (SSSR count). The van der Waals surface area contributed by atoms with Crippen LogP contribution in [0.4, 0.5) is 10.1 Å². The van der Waals surface area contributed by atoms with Crippen LogP contribution in [0, 0.1) is 5.82 Å². The number of methoxy groups -OCH3 is 2. The highest BCUT2D eigenvalue weighted by Crippen LogP contribution is 2.30. The summed E-state index contributed by atoms with van der Waals surface area (Å²) in [6.45, 7) is -0.619. The van der Waals surface area contributed by atoms with E-state index in [2.05, 4.69) is 4.74 Å². The fourth-order valence-electron chi connectivity index (χ4n) is 2.06. The summed E-state index contributed by atoms with van der Waals surface area (Å²) < 4.78 is 49.7. The summed E-state index contributed by atoms with van der Waals surface area (Å²) in [6, 6.07) is 8.74. The summed E-state index contributed by atoms with van der Waals surface area (Å²) in [4.78, 5) is 11.5. The van der Waals surface area contributed by atoms with Crippen LogP contribution in [0.3, 0.4) is 0 Å². The number of carbonyl (C=O) groups excluding carboxylic acids is 1. The first-order chi connectivity index (χ1) is 11.8. The van der Waals surface area contributed by atoms with Crippen molar-refractivity contribution in [2.75, 3.05) is 25.1 Å². The van der Waals surface area contributed by atoms with E-state index < -0.39 is 28.4 Å². The molecule has 2 aromatic carbocycles. The van der Waals surface area contributed by atoms with E-state index in [1.165, 1.54) is 37.4 Å². The standard InChI is InChI=1S/C16H15ClFNO5S/c1-23-15-7-6-13(9-14(15)17)25(21,22)19(10-16(20)24-2)12-5-3-4-11(18)8-12/h3-9H,10H2,1-2H3. The van der Waals surface area contributed by atoms with Crippen molar-refractivity contribution < 1.29 is 27.1 Å². The number of halogens is 2. The topological polar surface area (TPSA) is 72.9 Å². The average Bonchev–Trinajstić information content (AvgIpc) is 2.59. The highest BCUT2D eigenvalue weighted by molar-refractivity contribution is 7.92. The second-order valence-electron chi connectivity index (χ2n) is 4.86. The van der Waals surface area contributed by atoms with Gasteiger partial charge in [0.1, 0.15) is 18.1 Å². The third-order valence-corrected chi connectivity index (χ3v) is 5.37. The molecule has 0 unspecified atom stereocenters. The van der Waals surface area contributed by atoms with Gasteiger partial charge in [-0.2, -0.15) is 0 Å². The molecule has 2 aromatic rings. The molecule has 0 aliphatic heterocycles. The Kier molecular flexibility index (Phi) is 5.86. The van der Waals surface area contributed by atoms with Crippen LogP contribution >= 0.6 is 11.6 Å². The summed E-state index contributed by atoms with van der Waals surface area (Å²) in [6.07, 6.45) is 0. The molecular formula is C16H15ClFNO5S. The lowest BCUT2D eigenvalue weighted by atomic mass is 10.3. The average molecular weight is 388 g/mol. The zero-order valence-electron chi connectivity index (χ0n) is 13.4. The van der Waals surface area contributed by atoms with E-state index in [1.54, 1.807) is 0 Å². The van der Waals surface area contributed by atoms with Gasteiger partial charge in [-0.25, -0.2) is 12.8 Å². The van der Waals surface area contributed by atoms with E-state index >= 15 is 0 Å². The van der Waals surface area contributed by atoms with Crippen LogP contribution in [-0.2, 0) is 19.6 Å². The maximum Gasteiger partial charge on any atom is 0.326 e. The SMILES string of the molecule is COC(=O)CN(c1cccc(F)c1)S(=O)(=O)c1ccc(OC)c(Cl)c1. The van der Waals surface area contributed by atoms with Crippen LogP contribution in [0.1, 0.15) is 0 Å². The highest BCUT2D eigenvalue weighted by atomic mass is 35.5. The molecule has 25 heavy (non-hydrogen) atoms. The Morgan fingerprint density at radius 1 is 1.20 bits per heavy atom. The van der Waals surface area contributed by atoms with Crippen molar-refractivity contribution in [3.63, 3.8) is 0 Å². The molecule has 0 fully saturated rings. The van der Waals surface area contributed by atoms with Crippen molar-refractivity contribution in [2.45, 2.75) is 4.90 Å². The van der Waals surface area contributed by atoms with E-state index in [-0.39, 0.29) is 15.6 Å². The smallest absolute Gasteiger partial charge is 0.326 e. The van der Waals surface area contributed by atoms with Crippen molar-refractivity contribution in [3.8, 4) is 5.75 Å². The Morgan fingerprint density at radius 2 is 1.92 bits per heavy atom. The van der Waals surface area contributed by atoms with Gasteiger partial charge in [-0.05, 0) is 36.4 Å². The zero-order valence-corrected chi connectivity index (χ0v) is 15.0. The number of ether oxygens (including phenoxy) is 2. The summed E-state index contributed by atoms with van der Waals surface area (Å²) in [5.74, 6) is -1.14. The molecule has 0 aliphatic rings. The van der Waals surface area contributed by atoms with Crippen molar-refractivity contribution in [1.29, 1.82) is 0 Å². The molecule has 0 atom stereocenters. The number of hydrogen-bond acceptors (Lipinski definition) is 5. The van der Waals surface area contributed by atoms with Crippen LogP contribution in [0.5, 0.6) is 5.75 Å². The predicted molar refractivity (Wildman–Crippen MR) is 91.0 cm³/mol. The van der Waals surface area contributed by atoms with Gasteiger partial charge in [0.15, 0.2) is 0 Å². The monoisotopic (exact) mass is 387 g/mol. The second-order valence-corrected chi connectivity index (χ2v) is 7.13. The number of benzene rings is 2. The number of hydrogen-bond donors (Lipinski definition) is 0. The molecule has 0 N–H and O–H groups in total. The number of esters is 1. The minimum absolute atomic E-state index is 0.0164. The maximum atomic E-state index is 13.5. The molecule has 6 nitrogen and oxygen atoms in total. The molecule has 9 heteroatoms. The highest BCUT2D eigenvalue weighted by Gasteiger charge is 2.28. The van der Waals surface area contributed by atoms with E-state index in [0.29, 0.717) is 5.75 Å². The molecule has 0 saturated heterocycles. The van der Waals surface area contributed by atoms with Gasteiger partial charge in [0.25, 0.3) is 10.0 Å². The molecule has 0 saturated carbocycles. The fraction of sp³-hybridized carbons (Fsp3) is 0.188. The Balaban J connectivity index is 2.55. The third kappa shape index (κ3) is 4.21. The Labute approximate surface area is 149 Å². The summed E-state index contributed by atoms with van der Waals surface area (Å²) in [7, 11) is -1.68. The van der Waals surface area contributed by atoms with Gasteiger partial charge in [0.2, 0.25) is 0 Å². The molecule has 0 radical (unpaired) electrons. The van der Waals surface area contributed by atoms with E-state index in [4.69, 9.17) is 16.3 Å². The Hall–Kier alpha value is -2.32. The number of rotatable bonds is 6. The third-order valence-electron chi connectivity index (χ3n) is 3.31. The number of anilines is 1. The quantitative estimate of drug-likeness (QED) is 0.712. The molecule has 0 heterocycles. The van der Waals surface area contributed by atoms with Gasteiger partial charge in [-0.1, -0.05) is 17.7 Å². The normalized spacial score (nSPS) is 11.0. The summed E-state index contributed by atoms with van der Waals surface area (Å²) >= 11 is 5.98. The Morgan fingerprint density at radius 3 is 2.48 bits per heavy atom. The molecule has 0 spiro atoms. The molecule has 0 aliphatic carbocycles. The molecule has 134 valence electrons. The molecule has 0 bridgehead atoms. The molecule has 0 aromatic heterocycles. The van der Waals surface area contributed by atoms with E-state index in [1.807, 2.05) is 0 Å². The van der Waals surface area contributed by atoms with E-state index in [9.17, 15) is 17.6 Å². The van der Waals surface area contributed by atoms with E-state index in [0.717, 1.165) is 23.5 Å². The van der Waals surface area contributed by atoms with Crippen LogP contribution in [0.15, 0.2) is 47.4 Å². The van der Waals surface area contributed by atoms with Gasteiger partial charge in [0, 0.05) is 0 Å². The van der Waals surface area contributed by atoms with Crippen molar-refractivity contribution in [2.24, 2.45) is 0 Å². The van der Waals surface area contributed by atoms with Crippen LogP contribution in [-0.4, -0.2) is 35.2 Å². The number of nitrogens with zero attached hydrogens (tertiary/aromatic N) is 1. The zero-order chi connectivity index (χ0) is 18.6. The van der Waals surface area contributed by atoms with Crippen LogP contribution < -0.4 is 9.04 Å². The minimum atomic E-state index is -4.20. The van der Waals surface area contributed by atoms with Crippen molar-refractivity contribution >= 4 is 33.3 Å². The second kappa shape index (κ2) is 7.71. The lowest BCUT2D eigenvalue weighted by molar-refractivity contribution is -0.138. The van der Waals surface area contributed by atoms with Crippen LogP contribution in [0.25, 0.3) is 0 Å². The maximum absolute atomic E-state index is 13.5. The fourth-order valence-corrected chi connectivity index (χ4v) is 3.81. The molecular weight excluding hydrogens is 373 g/mol. The van der Waals surface area contributed by atoms with Gasteiger partial charge in [-0.3, -0.25) is 9.10 Å².